The number of ether oxygens (including phenoxy) is 2. The second-order valence-electron chi connectivity index (χ2n) is 8.03. The van der Waals surface area contributed by atoms with Gasteiger partial charge in [-0.3, -0.25) is 9.36 Å². The number of para-hydroxylation sites is 1. The highest BCUT2D eigenvalue weighted by molar-refractivity contribution is 7.07. The number of anilines is 1. The van der Waals surface area contributed by atoms with E-state index in [0.717, 1.165) is 16.8 Å². The van der Waals surface area contributed by atoms with Gasteiger partial charge in [0.1, 0.15) is 5.75 Å². The average molecular weight is 478 g/mol. The third-order valence-corrected chi connectivity index (χ3v) is 6.65. The van der Waals surface area contributed by atoms with Gasteiger partial charge in [-0.2, -0.15) is 0 Å². The van der Waals surface area contributed by atoms with Crippen molar-refractivity contribution >= 4 is 29.1 Å². The third kappa shape index (κ3) is 4.28. The van der Waals surface area contributed by atoms with E-state index >= 15 is 0 Å². The highest BCUT2D eigenvalue weighted by Crippen LogP contribution is 2.31. The topological polar surface area (TPSA) is 73.1 Å². The second kappa shape index (κ2) is 9.69. The number of carbonyl (C=O) groups is 1. The van der Waals surface area contributed by atoms with Crippen LogP contribution in [-0.2, 0) is 9.53 Å². The number of rotatable bonds is 6. The Morgan fingerprint density at radius 3 is 2.53 bits per heavy atom. The fourth-order valence-corrected chi connectivity index (χ4v) is 5.03. The summed E-state index contributed by atoms with van der Waals surface area (Å²) >= 11 is 1.29. The maximum absolute atomic E-state index is 13.7. The van der Waals surface area contributed by atoms with Crippen LogP contribution in [0.5, 0.6) is 5.75 Å². The maximum Gasteiger partial charge on any atom is 0.338 e. The Bertz CT molecular complexity index is 1430. The van der Waals surface area contributed by atoms with Crippen LogP contribution in [0.2, 0.25) is 0 Å². The Morgan fingerprint density at radius 2 is 1.88 bits per heavy atom. The summed E-state index contributed by atoms with van der Waals surface area (Å²) in [6, 6.07) is 14.7. The summed E-state index contributed by atoms with van der Waals surface area (Å²) in [7, 11) is 5.52. The molecule has 0 N–H and O–H groups in total. The van der Waals surface area contributed by atoms with E-state index in [4.69, 9.17) is 9.47 Å². The van der Waals surface area contributed by atoms with Crippen molar-refractivity contribution in [3.05, 3.63) is 90.6 Å². The smallest absolute Gasteiger partial charge is 0.338 e. The van der Waals surface area contributed by atoms with Crippen molar-refractivity contribution in [3.8, 4) is 5.75 Å². The van der Waals surface area contributed by atoms with Crippen molar-refractivity contribution in [1.82, 2.24) is 4.57 Å². The number of hydrogen-bond donors (Lipinski definition) is 0. The number of esters is 1. The summed E-state index contributed by atoms with van der Waals surface area (Å²) in [5.74, 6) is 0.206. The maximum atomic E-state index is 13.7. The van der Waals surface area contributed by atoms with E-state index in [0.29, 0.717) is 26.4 Å². The lowest BCUT2D eigenvalue weighted by atomic mass is 9.95. The zero-order valence-electron chi connectivity index (χ0n) is 19.9. The molecule has 1 atom stereocenters. The molecule has 7 nitrogen and oxygen atoms in total. The quantitative estimate of drug-likeness (QED) is 0.511. The lowest BCUT2D eigenvalue weighted by Crippen LogP contribution is -2.39. The molecule has 1 aliphatic rings. The summed E-state index contributed by atoms with van der Waals surface area (Å²) in [4.78, 5) is 33.8. The van der Waals surface area contributed by atoms with E-state index < -0.39 is 12.0 Å². The van der Waals surface area contributed by atoms with Crippen molar-refractivity contribution in [2.75, 3.05) is 32.7 Å². The van der Waals surface area contributed by atoms with Crippen LogP contribution >= 0.6 is 11.3 Å². The largest absolute Gasteiger partial charge is 0.496 e. The van der Waals surface area contributed by atoms with Gasteiger partial charge in [0.15, 0.2) is 4.80 Å². The van der Waals surface area contributed by atoms with Gasteiger partial charge in [-0.25, -0.2) is 9.79 Å². The number of thiazole rings is 1. The van der Waals surface area contributed by atoms with Crippen molar-refractivity contribution in [2.24, 2.45) is 4.99 Å². The monoisotopic (exact) mass is 477 g/mol. The van der Waals surface area contributed by atoms with Crippen LogP contribution in [-0.4, -0.2) is 38.3 Å². The Labute approximate surface area is 201 Å². The zero-order valence-corrected chi connectivity index (χ0v) is 20.7. The molecule has 0 aliphatic carbocycles. The first kappa shape index (κ1) is 23.5. The van der Waals surface area contributed by atoms with Crippen LogP contribution < -0.4 is 24.5 Å². The van der Waals surface area contributed by atoms with Crippen molar-refractivity contribution in [3.63, 3.8) is 0 Å². The number of methoxy groups -OCH3 is 1. The third-order valence-electron chi connectivity index (χ3n) is 5.67. The Hall–Kier alpha value is -3.65. The summed E-state index contributed by atoms with van der Waals surface area (Å²) in [6.07, 6.45) is 1.80. The van der Waals surface area contributed by atoms with Gasteiger partial charge in [-0.05, 0) is 43.7 Å². The summed E-state index contributed by atoms with van der Waals surface area (Å²) in [5, 5.41) is 0. The fraction of sp³-hybridized carbons (Fsp3) is 0.269. The molecule has 0 unspecified atom stereocenters. The van der Waals surface area contributed by atoms with Crippen molar-refractivity contribution < 1.29 is 14.3 Å². The molecule has 0 saturated carbocycles. The molecule has 0 amide bonds. The van der Waals surface area contributed by atoms with Gasteiger partial charge >= 0.3 is 5.97 Å². The molecule has 8 heteroatoms. The molecule has 1 aliphatic heterocycles. The number of nitrogens with zero attached hydrogens (tertiary/aromatic N) is 3. The van der Waals surface area contributed by atoms with Gasteiger partial charge in [-0.15, -0.1) is 0 Å². The minimum Gasteiger partial charge on any atom is -0.496 e. The minimum atomic E-state index is -0.633. The van der Waals surface area contributed by atoms with Crippen LogP contribution in [0, 0.1) is 0 Å². The summed E-state index contributed by atoms with van der Waals surface area (Å²) < 4.78 is 12.9. The molecular weight excluding hydrogens is 450 g/mol. The average Bonchev–Trinajstić information content (AvgIpc) is 3.13. The number of benzene rings is 2. The number of allylic oxidation sites excluding steroid dienone is 1. The van der Waals surface area contributed by atoms with Gasteiger partial charge < -0.3 is 14.4 Å². The fourth-order valence-electron chi connectivity index (χ4n) is 3.99. The van der Waals surface area contributed by atoms with Gasteiger partial charge in [0, 0.05) is 25.3 Å². The first-order chi connectivity index (χ1) is 16.3. The summed E-state index contributed by atoms with van der Waals surface area (Å²) in [5.41, 5.74) is 3.33. The van der Waals surface area contributed by atoms with Crippen LogP contribution in [0.3, 0.4) is 0 Å². The molecule has 1 aromatic heterocycles. The Balaban J connectivity index is 1.95. The van der Waals surface area contributed by atoms with Crippen LogP contribution in [0.4, 0.5) is 5.69 Å². The zero-order chi connectivity index (χ0) is 24.4. The first-order valence-corrected chi connectivity index (χ1v) is 11.8. The van der Waals surface area contributed by atoms with Gasteiger partial charge in [0.25, 0.3) is 5.56 Å². The van der Waals surface area contributed by atoms with E-state index in [1.54, 1.807) is 31.6 Å². The minimum absolute atomic E-state index is 0.217. The van der Waals surface area contributed by atoms with Crippen LogP contribution in [0.25, 0.3) is 6.08 Å². The van der Waals surface area contributed by atoms with Crippen LogP contribution in [0.15, 0.2) is 69.6 Å². The van der Waals surface area contributed by atoms with E-state index in [9.17, 15) is 9.59 Å². The molecule has 176 valence electrons. The molecule has 3 aromatic rings. The van der Waals surface area contributed by atoms with Gasteiger partial charge in [0.2, 0.25) is 0 Å². The van der Waals surface area contributed by atoms with Gasteiger partial charge in [0.05, 0.1) is 35.6 Å². The van der Waals surface area contributed by atoms with Gasteiger partial charge in [-0.1, -0.05) is 41.7 Å². The predicted octanol–water partition coefficient (Wildman–Crippen LogP) is 2.87. The summed E-state index contributed by atoms with van der Waals surface area (Å²) in [6.45, 7) is 3.78. The van der Waals surface area contributed by atoms with Crippen LogP contribution in [0.1, 0.15) is 31.0 Å². The molecule has 0 fully saturated rings. The number of carbonyl (C=O) groups excluding carboxylic acids is 1. The normalized spacial score (nSPS) is 15.6. The molecule has 0 saturated heterocycles. The molecule has 4 rings (SSSR count). The molecule has 0 spiro atoms. The molecule has 2 aromatic carbocycles. The Morgan fingerprint density at radius 1 is 1.18 bits per heavy atom. The van der Waals surface area contributed by atoms with E-state index in [1.165, 1.54) is 11.3 Å². The lowest BCUT2D eigenvalue weighted by Gasteiger charge is -2.25. The van der Waals surface area contributed by atoms with E-state index in [1.807, 2.05) is 67.5 Å². The first-order valence-electron chi connectivity index (χ1n) is 11.0. The van der Waals surface area contributed by atoms with Crippen molar-refractivity contribution in [1.29, 1.82) is 0 Å². The number of hydrogen-bond acceptors (Lipinski definition) is 7. The van der Waals surface area contributed by atoms with E-state index in [2.05, 4.69) is 4.99 Å². The molecule has 0 bridgehead atoms. The highest BCUT2D eigenvalue weighted by Gasteiger charge is 2.33. The van der Waals surface area contributed by atoms with Crippen molar-refractivity contribution in [2.45, 2.75) is 19.9 Å². The standard InChI is InChI=1S/C26H27N3O4S/c1-6-33-25(31)22-16(2)27-26-29(23(22)17-11-13-19(14-12-17)28(3)4)24(30)21(34-26)15-18-9-7-8-10-20(18)32-5/h7-15,23H,6H2,1-5H3/t23-/m1/s1. The molecule has 0 radical (unpaired) electrons. The molecular formula is C26H27N3O4S. The second-order valence-corrected chi connectivity index (χ2v) is 9.04. The SMILES string of the molecule is CCOC(=O)C1=C(C)N=c2sc(=Cc3ccccc3OC)c(=O)n2[C@@H]1c1ccc(N(C)C)cc1. The van der Waals surface area contributed by atoms with E-state index in [-0.39, 0.29) is 12.2 Å². The number of fused-ring (bicyclic) bond motifs is 1. The Kier molecular flexibility index (Phi) is 6.70. The number of aromatic nitrogens is 1. The molecule has 2 heterocycles. The highest BCUT2D eigenvalue weighted by atomic mass is 32.1. The lowest BCUT2D eigenvalue weighted by molar-refractivity contribution is -0.139. The predicted molar refractivity (Wildman–Crippen MR) is 134 cm³/mol. The molecule has 34 heavy (non-hydrogen) atoms.